The average Bonchev–Trinajstić information content (AvgIpc) is 3.06. The first kappa shape index (κ1) is 11.3. The predicted octanol–water partition coefficient (Wildman–Crippen LogP) is 5.38. The summed E-state index contributed by atoms with van der Waals surface area (Å²) in [6, 6.07) is 15.1. The van der Waals surface area contributed by atoms with Crippen LogP contribution in [0.1, 0.15) is 25.7 Å². The third-order valence-electron chi connectivity index (χ3n) is 3.96. The zero-order valence-corrected chi connectivity index (χ0v) is 11.6. The average molecular weight is 268 g/mol. The Morgan fingerprint density at radius 1 is 0.895 bits per heavy atom. The van der Waals surface area contributed by atoms with Crippen molar-refractivity contribution in [3.05, 3.63) is 42.5 Å². The Labute approximate surface area is 116 Å². The Balaban J connectivity index is 1.86. The molecule has 0 saturated heterocycles. The van der Waals surface area contributed by atoms with Gasteiger partial charge in [-0.25, -0.2) is 0 Å². The van der Waals surface area contributed by atoms with Gasteiger partial charge < -0.3 is 4.74 Å². The maximum atomic E-state index is 6.23. The monoisotopic (exact) mass is 268 g/mol. The van der Waals surface area contributed by atoms with Gasteiger partial charge in [0.1, 0.15) is 5.75 Å². The van der Waals surface area contributed by atoms with Crippen molar-refractivity contribution in [3.63, 3.8) is 0 Å². The molecule has 0 radical (unpaired) electrons. The molecule has 0 unspecified atom stereocenters. The van der Waals surface area contributed by atoms with Crippen LogP contribution in [0.2, 0.25) is 0 Å². The number of rotatable bonds is 2. The molecule has 0 N–H and O–H groups in total. The molecule has 1 aromatic heterocycles. The Kier molecular flexibility index (Phi) is 2.70. The van der Waals surface area contributed by atoms with E-state index in [4.69, 9.17) is 4.74 Å². The minimum absolute atomic E-state index is 0.427. The van der Waals surface area contributed by atoms with Crippen molar-refractivity contribution in [2.24, 2.45) is 0 Å². The van der Waals surface area contributed by atoms with Gasteiger partial charge in [0.25, 0.3) is 0 Å². The largest absolute Gasteiger partial charge is 0.489 e. The third kappa shape index (κ3) is 1.91. The number of hydrogen-bond donors (Lipinski definition) is 0. The topological polar surface area (TPSA) is 9.23 Å². The van der Waals surface area contributed by atoms with Crippen LogP contribution in [0, 0.1) is 0 Å². The fourth-order valence-corrected chi connectivity index (χ4v) is 4.16. The Bertz CT molecular complexity index is 722. The molecule has 2 heteroatoms. The van der Waals surface area contributed by atoms with E-state index in [-0.39, 0.29) is 0 Å². The summed E-state index contributed by atoms with van der Waals surface area (Å²) in [6.07, 6.45) is 5.47. The summed E-state index contributed by atoms with van der Waals surface area (Å²) in [5.74, 6) is 1.07. The number of fused-ring (bicyclic) bond motifs is 3. The Morgan fingerprint density at radius 3 is 2.58 bits per heavy atom. The number of benzene rings is 2. The van der Waals surface area contributed by atoms with Gasteiger partial charge in [0.2, 0.25) is 0 Å². The molecule has 1 saturated carbocycles. The van der Waals surface area contributed by atoms with Gasteiger partial charge in [-0.05, 0) is 37.8 Å². The smallest absolute Gasteiger partial charge is 0.137 e. The first-order valence-corrected chi connectivity index (χ1v) is 7.80. The van der Waals surface area contributed by atoms with Crippen LogP contribution in [-0.4, -0.2) is 6.10 Å². The first-order chi connectivity index (χ1) is 9.42. The van der Waals surface area contributed by atoms with Crippen LogP contribution in [0.15, 0.2) is 42.5 Å². The number of hydrogen-bond acceptors (Lipinski definition) is 2. The van der Waals surface area contributed by atoms with Crippen LogP contribution < -0.4 is 4.74 Å². The maximum Gasteiger partial charge on any atom is 0.137 e. The molecule has 1 aliphatic rings. The second-order valence-corrected chi connectivity index (χ2v) is 6.31. The Hall–Kier alpha value is -1.54. The lowest BCUT2D eigenvalue weighted by atomic mass is 10.1. The molecule has 0 atom stereocenters. The van der Waals surface area contributed by atoms with E-state index in [1.807, 2.05) is 11.3 Å². The van der Waals surface area contributed by atoms with Crippen molar-refractivity contribution in [2.75, 3.05) is 0 Å². The molecule has 2 aromatic carbocycles. The number of thiophene rings is 1. The molecule has 3 aromatic rings. The molecular weight excluding hydrogens is 252 g/mol. The zero-order chi connectivity index (χ0) is 12.7. The summed E-state index contributed by atoms with van der Waals surface area (Å²) in [7, 11) is 0. The molecular formula is C17H16OS. The summed E-state index contributed by atoms with van der Waals surface area (Å²) in [4.78, 5) is 0. The molecule has 0 spiro atoms. The zero-order valence-electron chi connectivity index (χ0n) is 10.8. The molecule has 1 heterocycles. The lowest BCUT2D eigenvalue weighted by Gasteiger charge is -2.13. The van der Waals surface area contributed by atoms with Crippen molar-refractivity contribution in [1.29, 1.82) is 0 Å². The van der Waals surface area contributed by atoms with Crippen LogP contribution in [0.4, 0.5) is 0 Å². The van der Waals surface area contributed by atoms with Gasteiger partial charge >= 0.3 is 0 Å². The molecule has 1 aliphatic carbocycles. The normalized spacial score (nSPS) is 16.4. The highest BCUT2D eigenvalue weighted by Crippen LogP contribution is 2.40. The first-order valence-electron chi connectivity index (χ1n) is 6.99. The van der Waals surface area contributed by atoms with Gasteiger partial charge in [0.05, 0.1) is 10.8 Å². The summed E-state index contributed by atoms with van der Waals surface area (Å²) in [6.45, 7) is 0. The third-order valence-corrected chi connectivity index (χ3v) is 5.17. The maximum absolute atomic E-state index is 6.23. The van der Waals surface area contributed by atoms with Crippen molar-refractivity contribution in [1.82, 2.24) is 0 Å². The summed E-state index contributed by atoms with van der Waals surface area (Å²) in [5, 5.41) is 2.68. The lowest BCUT2D eigenvalue weighted by Crippen LogP contribution is -2.10. The van der Waals surface area contributed by atoms with E-state index in [0.717, 1.165) is 5.75 Å². The van der Waals surface area contributed by atoms with Crippen LogP contribution in [-0.2, 0) is 0 Å². The predicted molar refractivity (Wildman–Crippen MR) is 82.2 cm³/mol. The fraction of sp³-hybridized carbons (Fsp3) is 0.294. The standard InChI is InChI=1S/C17H16OS/c1-2-7-12(6-1)18-15-10-5-9-14-13-8-3-4-11-16(13)19-17(14)15/h3-5,8-12H,1-2,6-7H2. The van der Waals surface area contributed by atoms with Gasteiger partial charge in [-0.15, -0.1) is 11.3 Å². The van der Waals surface area contributed by atoms with Gasteiger partial charge in [-0.2, -0.15) is 0 Å². The molecule has 4 rings (SSSR count). The second-order valence-electron chi connectivity index (χ2n) is 5.26. The Morgan fingerprint density at radius 2 is 1.68 bits per heavy atom. The van der Waals surface area contributed by atoms with E-state index in [1.165, 1.54) is 45.9 Å². The molecule has 19 heavy (non-hydrogen) atoms. The van der Waals surface area contributed by atoms with Crippen LogP contribution in [0.3, 0.4) is 0 Å². The highest BCUT2D eigenvalue weighted by atomic mass is 32.1. The van der Waals surface area contributed by atoms with Gasteiger partial charge in [-0.3, -0.25) is 0 Å². The highest BCUT2D eigenvalue weighted by molar-refractivity contribution is 7.26. The van der Waals surface area contributed by atoms with Gasteiger partial charge in [0, 0.05) is 15.5 Å². The van der Waals surface area contributed by atoms with Crippen molar-refractivity contribution < 1.29 is 4.74 Å². The van der Waals surface area contributed by atoms with Crippen LogP contribution in [0.25, 0.3) is 20.2 Å². The van der Waals surface area contributed by atoms with Crippen molar-refractivity contribution in [2.45, 2.75) is 31.8 Å². The van der Waals surface area contributed by atoms with Crippen molar-refractivity contribution >= 4 is 31.5 Å². The minimum Gasteiger partial charge on any atom is -0.489 e. The SMILES string of the molecule is c1ccc2c(c1)sc1c(OC3CCCC3)cccc12. The second kappa shape index (κ2) is 4.53. The van der Waals surface area contributed by atoms with E-state index in [2.05, 4.69) is 42.5 Å². The molecule has 96 valence electrons. The fourth-order valence-electron chi connectivity index (χ4n) is 3.00. The lowest BCUT2D eigenvalue weighted by molar-refractivity contribution is 0.213. The van der Waals surface area contributed by atoms with Crippen LogP contribution in [0.5, 0.6) is 5.75 Å². The summed E-state index contributed by atoms with van der Waals surface area (Å²) < 4.78 is 8.88. The quantitative estimate of drug-likeness (QED) is 0.606. The van der Waals surface area contributed by atoms with Crippen LogP contribution >= 0.6 is 11.3 Å². The molecule has 0 amide bonds. The van der Waals surface area contributed by atoms with E-state index in [9.17, 15) is 0 Å². The van der Waals surface area contributed by atoms with E-state index >= 15 is 0 Å². The molecule has 1 fully saturated rings. The van der Waals surface area contributed by atoms with Crippen molar-refractivity contribution in [3.8, 4) is 5.75 Å². The minimum atomic E-state index is 0.427. The van der Waals surface area contributed by atoms with E-state index in [0.29, 0.717) is 6.10 Å². The molecule has 0 bridgehead atoms. The molecule has 0 aliphatic heterocycles. The summed E-state index contributed by atoms with van der Waals surface area (Å²) >= 11 is 1.85. The highest BCUT2D eigenvalue weighted by Gasteiger charge is 2.18. The summed E-state index contributed by atoms with van der Waals surface area (Å²) in [5.41, 5.74) is 0. The number of ether oxygens (including phenoxy) is 1. The van der Waals surface area contributed by atoms with Gasteiger partial charge in [0.15, 0.2) is 0 Å². The van der Waals surface area contributed by atoms with Gasteiger partial charge in [-0.1, -0.05) is 30.3 Å². The van der Waals surface area contributed by atoms with E-state index < -0.39 is 0 Å². The van der Waals surface area contributed by atoms with E-state index in [1.54, 1.807) is 0 Å². The molecule has 1 nitrogen and oxygen atoms in total.